The predicted octanol–water partition coefficient (Wildman–Crippen LogP) is 1.19. The molecular formula is C24H47N7. The topological polar surface area (TPSA) is 40.3 Å². The van der Waals surface area contributed by atoms with Crippen LogP contribution < -0.4 is 10.6 Å². The van der Waals surface area contributed by atoms with Crippen molar-refractivity contribution in [1.29, 1.82) is 0 Å². The van der Waals surface area contributed by atoms with Crippen molar-refractivity contribution in [3.63, 3.8) is 0 Å². The van der Waals surface area contributed by atoms with E-state index in [0.29, 0.717) is 0 Å². The van der Waals surface area contributed by atoms with E-state index in [1.807, 2.05) is 0 Å². The van der Waals surface area contributed by atoms with E-state index in [1.54, 1.807) is 0 Å². The van der Waals surface area contributed by atoms with Crippen LogP contribution in [0.15, 0.2) is 0 Å². The minimum Gasteiger partial charge on any atom is -0.314 e. The standard InChI is InChI=1S/C24H47N7/c1-27-20-13-26-23(29-16-9-10-17-29,28-14-7-4-8-15-28)24(27,31-21-11-25-12-22-31)30-18-5-2-3-6-19-30/h25-26H,2-22H2,1H3. The largest absolute Gasteiger partial charge is 0.314 e. The average Bonchev–Trinajstić information content (AvgIpc) is 3.23. The molecule has 5 saturated heterocycles. The first-order valence-corrected chi connectivity index (χ1v) is 13.5. The van der Waals surface area contributed by atoms with Crippen LogP contribution in [0.2, 0.25) is 0 Å². The second-order valence-electron chi connectivity index (χ2n) is 10.5. The molecule has 2 N–H and O–H groups in total. The maximum Gasteiger partial charge on any atom is 0.178 e. The zero-order valence-electron chi connectivity index (χ0n) is 20.1. The fourth-order valence-electron chi connectivity index (χ4n) is 7.53. The van der Waals surface area contributed by atoms with E-state index in [0.717, 1.165) is 39.3 Å². The molecule has 5 aliphatic rings. The van der Waals surface area contributed by atoms with Crippen LogP contribution in [-0.2, 0) is 0 Å². The molecular weight excluding hydrogens is 386 g/mol. The summed E-state index contributed by atoms with van der Waals surface area (Å²) in [6, 6.07) is 0. The van der Waals surface area contributed by atoms with Crippen molar-refractivity contribution in [2.24, 2.45) is 0 Å². The van der Waals surface area contributed by atoms with Crippen molar-refractivity contribution in [3.8, 4) is 0 Å². The third kappa shape index (κ3) is 3.78. The molecule has 5 fully saturated rings. The van der Waals surface area contributed by atoms with Crippen LogP contribution in [-0.4, -0.2) is 122 Å². The number of rotatable bonds is 4. The number of hydrogen-bond acceptors (Lipinski definition) is 7. The highest BCUT2D eigenvalue weighted by atomic mass is 15.7. The van der Waals surface area contributed by atoms with Crippen molar-refractivity contribution in [1.82, 2.24) is 35.1 Å². The highest BCUT2D eigenvalue weighted by molar-refractivity contribution is 5.13. The van der Waals surface area contributed by atoms with Gasteiger partial charge in [-0.25, -0.2) is 0 Å². The lowest BCUT2D eigenvalue weighted by atomic mass is 9.93. The van der Waals surface area contributed by atoms with Gasteiger partial charge in [-0.05, 0) is 45.6 Å². The van der Waals surface area contributed by atoms with Crippen molar-refractivity contribution in [3.05, 3.63) is 0 Å². The molecule has 0 aliphatic carbocycles. The van der Waals surface area contributed by atoms with Gasteiger partial charge in [0.05, 0.1) is 0 Å². The molecule has 0 amide bonds. The Hall–Kier alpha value is -0.280. The lowest BCUT2D eigenvalue weighted by Gasteiger charge is -2.71. The van der Waals surface area contributed by atoms with Crippen LogP contribution in [0.1, 0.15) is 57.8 Å². The lowest BCUT2D eigenvalue weighted by Crippen LogP contribution is -2.94. The summed E-state index contributed by atoms with van der Waals surface area (Å²) in [6.07, 6.45) is 12.3. The molecule has 0 radical (unpaired) electrons. The SMILES string of the molecule is CN1CCNC(N2CCCCC2)(N2CCCC2)C1(N1CCCCCC1)N1CCNCC1. The molecule has 0 spiro atoms. The molecule has 0 saturated carbocycles. The van der Waals surface area contributed by atoms with Gasteiger partial charge in [0.1, 0.15) is 0 Å². The average molecular weight is 434 g/mol. The van der Waals surface area contributed by atoms with Gasteiger partial charge >= 0.3 is 0 Å². The van der Waals surface area contributed by atoms with E-state index in [1.165, 1.54) is 97.1 Å². The summed E-state index contributed by atoms with van der Waals surface area (Å²) in [4.78, 5) is 14.4. The van der Waals surface area contributed by atoms with Gasteiger partial charge in [-0.1, -0.05) is 19.3 Å². The Kier molecular flexibility index (Phi) is 7.20. The van der Waals surface area contributed by atoms with Gasteiger partial charge in [-0.3, -0.25) is 29.8 Å². The van der Waals surface area contributed by atoms with E-state index in [2.05, 4.69) is 42.2 Å². The molecule has 7 heteroatoms. The van der Waals surface area contributed by atoms with Crippen LogP contribution in [0.4, 0.5) is 0 Å². The first-order chi connectivity index (χ1) is 15.3. The fourth-order valence-corrected chi connectivity index (χ4v) is 7.53. The number of hydrogen-bond donors (Lipinski definition) is 2. The minimum absolute atomic E-state index is 0.0978. The highest BCUT2D eigenvalue weighted by Crippen LogP contribution is 2.45. The van der Waals surface area contributed by atoms with Gasteiger partial charge in [-0.15, -0.1) is 0 Å². The van der Waals surface area contributed by atoms with E-state index in [-0.39, 0.29) is 11.6 Å². The fraction of sp³-hybridized carbons (Fsp3) is 1.00. The molecule has 0 aromatic heterocycles. The van der Waals surface area contributed by atoms with Gasteiger partial charge in [0.15, 0.2) is 11.6 Å². The van der Waals surface area contributed by atoms with Crippen LogP contribution in [0.5, 0.6) is 0 Å². The molecule has 0 aromatic carbocycles. The first kappa shape index (κ1) is 22.5. The summed E-state index contributed by atoms with van der Waals surface area (Å²) in [6.45, 7) is 14.1. The van der Waals surface area contributed by atoms with Gasteiger partial charge in [0, 0.05) is 78.5 Å². The molecule has 31 heavy (non-hydrogen) atoms. The molecule has 0 aromatic rings. The van der Waals surface area contributed by atoms with Crippen LogP contribution >= 0.6 is 0 Å². The monoisotopic (exact) mass is 433 g/mol. The van der Waals surface area contributed by atoms with E-state index in [4.69, 9.17) is 0 Å². The highest BCUT2D eigenvalue weighted by Gasteiger charge is 2.67. The molecule has 5 aliphatic heterocycles. The van der Waals surface area contributed by atoms with Crippen LogP contribution in [0, 0.1) is 0 Å². The lowest BCUT2D eigenvalue weighted by molar-refractivity contribution is -0.314. The summed E-state index contributed by atoms with van der Waals surface area (Å²) in [7, 11) is 2.45. The number of piperazine rings is 2. The predicted molar refractivity (Wildman–Crippen MR) is 127 cm³/mol. The zero-order valence-corrected chi connectivity index (χ0v) is 20.1. The molecule has 178 valence electrons. The Balaban J connectivity index is 1.67. The molecule has 2 atom stereocenters. The molecule has 2 unspecified atom stereocenters. The van der Waals surface area contributed by atoms with Crippen molar-refractivity contribution < 1.29 is 0 Å². The second kappa shape index (κ2) is 9.92. The molecule has 7 nitrogen and oxygen atoms in total. The third-order valence-electron chi connectivity index (χ3n) is 8.80. The first-order valence-electron chi connectivity index (χ1n) is 13.5. The maximum absolute atomic E-state index is 4.29. The van der Waals surface area contributed by atoms with Crippen molar-refractivity contribution in [2.45, 2.75) is 69.4 Å². The van der Waals surface area contributed by atoms with Gasteiger partial charge < -0.3 is 5.32 Å². The maximum atomic E-state index is 4.29. The zero-order chi connectivity index (χ0) is 21.2. The summed E-state index contributed by atoms with van der Waals surface area (Å²) < 4.78 is 0. The Morgan fingerprint density at radius 3 is 1.52 bits per heavy atom. The van der Waals surface area contributed by atoms with E-state index in [9.17, 15) is 0 Å². The Labute approximate surface area is 190 Å². The van der Waals surface area contributed by atoms with E-state index >= 15 is 0 Å². The minimum atomic E-state index is -0.112. The Morgan fingerprint density at radius 1 is 0.484 bits per heavy atom. The quantitative estimate of drug-likeness (QED) is 0.690. The second-order valence-corrected chi connectivity index (χ2v) is 10.5. The number of nitrogens with zero attached hydrogens (tertiary/aromatic N) is 5. The van der Waals surface area contributed by atoms with Crippen LogP contribution in [0.3, 0.4) is 0 Å². The Morgan fingerprint density at radius 2 is 0.935 bits per heavy atom. The number of nitrogens with one attached hydrogen (secondary N) is 2. The normalized spacial score (nSPS) is 39.0. The van der Waals surface area contributed by atoms with Crippen LogP contribution in [0.25, 0.3) is 0 Å². The number of likely N-dealkylation sites (N-methyl/N-ethyl adjacent to an activating group) is 1. The molecule has 0 bridgehead atoms. The molecule has 5 heterocycles. The number of likely N-dealkylation sites (tertiary alicyclic amines) is 3. The summed E-state index contributed by atoms with van der Waals surface area (Å²) >= 11 is 0. The summed E-state index contributed by atoms with van der Waals surface area (Å²) in [5.74, 6) is -0.210. The summed E-state index contributed by atoms with van der Waals surface area (Å²) in [5, 5.41) is 7.94. The Bertz CT molecular complexity index is 562. The van der Waals surface area contributed by atoms with Crippen molar-refractivity contribution in [2.75, 3.05) is 85.6 Å². The van der Waals surface area contributed by atoms with E-state index < -0.39 is 0 Å². The number of piperidine rings is 1. The van der Waals surface area contributed by atoms with Gasteiger partial charge in [-0.2, -0.15) is 0 Å². The third-order valence-corrected chi connectivity index (χ3v) is 8.80. The van der Waals surface area contributed by atoms with Gasteiger partial charge in [0.25, 0.3) is 0 Å². The van der Waals surface area contributed by atoms with Gasteiger partial charge in [0.2, 0.25) is 0 Å². The summed E-state index contributed by atoms with van der Waals surface area (Å²) in [5.41, 5.74) is 0. The smallest absolute Gasteiger partial charge is 0.178 e. The molecule has 5 rings (SSSR count). The van der Waals surface area contributed by atoms with Crippen molar-refractivity contribution >= 4 is 0 Å².